The standard InChI is InChI=1S/C17H25NO2S/c1-21(19,20)13-17(9-10-17)15-7-5-14(6-8-15)12-16-4-2-3-11-18-16/h5-8,16,18H,2-4,9-13H2,1H3. The Balaban J connectivity index is 1.66. The van der Waals surface area contributed by atoms with Crippen molar-refractivity contribution < 1.29 is 8.42 Å². The van der Waals surface area contributed by atoms with E-state index >= 15 is 0 Å². The zero-order valence-electron chi connectivity index (χ0n) is 12.8. The molecule has 4 heteroatoms. The molecule has 1 unspecified atom stereocenters. The third-order valence-electron chi connectivity index (χ3n) is 4.85. The van der Waals surface area contributed by atoms with E-state index in [0.29, 0.717) is 11.8 Å². The Labute approximate surface area is 128 Å². The van der Waals surface area contributed by atoms with Gasteiger partial charge < -0.3 is 5.32 Å². The van der Waals surface area contributed by atoms with Crippen LogP contribution in [0.1, 0.15) is 43.2 Å². The van der Waals surface area contributed by atoms with Gasteiger partial charge in [0.05, 0.1) is 5.75 Å². The minimum absolute atomic E-state index is 0.0881. The van der Waals surface area contributed by atoms with E-state index < -0.39 is 9.84 Å². The molecule has 21 heavy (non-hydrogen) atoms. The zero-order valence-corrected chi connectivity index (χ0v) is 13.6. The summed E-state index contributed by atoms with van der Waals surface area (Å²) < 4.78 is 23.2. The van der Waals surface area contributed by atoms with Crippen LogP contribution in [0.5, 0.6) is 0 Å². The van der Waals surface area contributed by atoms with Gasteiger partial charge in [0, 0.05) is 17.7 Å². The van der Waals surface area contributed by atoms with Gasteiger partial charge in [-0.1, -0.05) is 30.7 Å². The fourth-order valence-electron chi connectivity index (χ4n) is 3.55. The van der Waals surface area contributed by atoms with Crippen molar-refractivity contribution in [1.82, 2.24) is 5.32 Å². The molecular formula is C17H25NO2S. The molecule has 1 saturated heterocycles. The molecule has 0 aromatic heterocycles. The van der Waals surface area contributed by atoms with E-state index in [-0.39, 0.29) is 5.41 Å². The molecule has 1 aromatic carbocycles. The molecule has 1 aliphatic heterocycles. The van der Waals surface area contributed by atoms with Crippen molar-refractivity contribution in [2.45, 2.75) is 50.0 Å². The van der Waals surface area contributed by atoms with Crippen molar-refractivity contribution in [2.75, 3.05) is 18.6 Å². The Morgan fingerprint density at radius 1 is 1.19 bits per heavy atom. The second-order valence-electron chi connectivity index (χ2n) is 6.90. The van der Waals surface area contributed by atoms with E-state index in [2.05, 4.69) is 29.6 Å². The van der Waals surface area contributed by atoms with Gasteiger partial charge in [-0.2, -0.15) is 0 Å². The first-order valence-electron chi connectivity index (χ1n) is 7.97. The van der Waals surface area contributed by atoms with Crippen molar-refractivity contribution in [3.8, 4) is 0 Å². The van der Waals surface area contributed by atoms with Gasteiger partial charge in [-0.3, -0.25) is 0 Å². The normalized spacial score (nSPS) is 24.7. The second-order valence-corrected chi connectivity index (χ2v) is 9.04. The van der Waals surface area contributed by atoms with Gasteiger partial charge in [-0.05, 0) is 49.8 Å². The smallest absolute Gasteiger partial charge is 0.148 e. The first-order chi connectivity index (χ1) is 9.97. The largest absolute Gasteiger partial charge is 0.314 e. The molecule has 1 saturated carbocycles. The predicted molar refractivity (Wildman–Crippen MR) is 86.4 cm³/mol. The molecule has 1 heterocycles. The predicted octanol–water partition coefficient (Wildman–Crippen LogP) is 2.45. The van der Waals surface area contributed by atoms with Crippen LogP contribution in [-0.2, 0) is 21.7 Å². The highest BCUT2D eigenvalue weighted by Crippen LogP contribution is 2.49. The van der Waals surface area contributed by atoms with Crippen molar-refractivity contribution in [3.63, 3.8) is 0 Å². The molecule has 0 spiro atoms. The van der Waals surface area contributed by atoms with E-state index in [4.69, 9.17) is 0 Å². The maximum absolute atomic E-state index is 11.6. The summed E-state index contributed by atoms with van der Waals surface area (Å²) in [6.45, 7) is 1.14. The average Bonchev–Trinajstić information content (AvgIpc) is 3.19. The maximum atomic E-state index is 11.6. The Kier molecular flexibility index (Phi) is 4.10. The number of rotatable bonds is 5. The lowest BCUT2D eigenvalue weighted by atomic mass is 9.93. The Bertz CT molecular complexity index is 582. The number of sulfone groups is 1. The van der Waals surface area contributed by atoms with Gasteiger partial charge in [0.25, 0.3) is 0 Å². The van der Waals surface area contributed by atoms with Crippen molar-refractivity contribution in [1.29, 1.82) is 0 Å². The summed E-state index contributed by atoms with van der Waals surface area (Å²) in [5.74, 6) is 0.295. The van der Waals surface area contributed by atoms with E-state index in [1.165, 1.54) is 36.6 Å². The second kappa shape index (κ2) is 5.73. The van der Waals surface area contributed by atoms with Crippen LogP contribution in [0.15, 0.2) is 24.3 Å². The highest BCUT2D eigenvalue weighted by molar-refractivity contribution is 7.90. The van der Waals surface area contributed by atoms with Gasteiger partial charge in [0.15, 0.2) is 0 Å². The number of nitrogens with one attached hydrogen (secondary N) is 1. The summed E-state index contributed by atoms with van der Waals surface area (Å²) in [5, 5.41) is 3.58. The van der Waals surface area contributed by atoms with Crippen LogP contribution < -0.4 is 5.32 Å². The zero-order chi connectivity index (χ0) is 14.9. The minimum atomic E-state index is -2.91. The van der Waals surface area contributed by atoms with Gasteiger partial charge in [0.2, 0.25) is 0 Å². The maximum Gasteiger partial charge on any atom is 0.148 e. The molecule has 3 rings (SSSR count). The van der Waals surface area contributed by atoms with Gasteiger partial charge in [0.1, 0.15) is 9.84 Å². The SMILES string of the molecule is CS(=O)(=O)CC1(c2ccc(CC3CCCCN3)cc2)CC1. The molecule has 3 nitrogen and oxygen atoms in total. The lowest BCUT2D eigenvalue weighted by molar-refractivity contribution is 0.399. The number of hydrogen-bond donors (Lipinski definition) is 1. The summed E-state index contributed by atoms with van der Waals surface area (Å²) in [7, 11) is -2.91. The first-order valence-corrected chi connectivity index (χ1v) is 10.0. The molecule has 1 aromatic rings. The van der Waals surface area contributed by atoms with Crippen LogP contribution in [0.2, 0.25) is 0 Å². The highest BCUT2D eigenvalue weighted by atomic mass is 32.2. The summed E-state index contributed by atoms with van der Waals surface area (Å²) >= 11 is 0. The van der Waals surface area contributed by atoms with Gasteiger partial charge >= 0.3 is 0 Å². The van der Waals surface area contributed by atoms with Crippen LogP contribution in [0, 0.1) is 0 Å². The van der Waals surface area contributed by atoms with E-state index in [1.54, 1.807) is 0 Å². The van der Waals surface area contributed by atoms with E-state index in [0.717, 1.165) is 25.8 Å². The number of piperidine rings is 1. The van der Waals surface area contributed by atoms with Crippen molar-refractivity contribution >= 4 is 9.84 Å². The molecule has 2 aliphatic rings. The van der Waals surface area contributed by atoms with Crippen LogP contribution >= 0.6 is 0 Å². The highest BCUT2D eigenvalue weighted by Gasteiger charge is 2.46. The lowest BCUT2D eigenvalue weighted by Crippen LogP contribution is -2.35. The number of hydrogen-bond acceptors (Lipinski definition) is 3. The molecule has 1 atom stereocenters. The molecule has 0 amide bonds. The monoisotopic (exact) mass is 307 g/mol. The molecule has 0 radical (unpaired) electrons. The molecule has 1 aliphatic carbocycles. The van der Waals surface area contributed by atoms with Crippen LogP contribution in [0.3, 0.4) is 0 Å². The fraction of sp³-hybridized carbons (Fsp3) is 0.647. The summed E-state index contributed by atoms with van der Waals surface area (Å²) in [6.07, 6.45) is 8.32. The number of benzene rings is 1. The van der Waals surface area contributed by atoms with Crippen molar-refractivity contribution in [3.05, 3.63) is 35.4 Å². The Morgan fingerprint density at radius 3 is 2.43 bits per heavy atom. The topological polar surface area (TPSA) is 46.2 Å². The molecule has 2 fully saturated rings. The third-order valence-corrected chi connectivity index (χ3v) is 5.93. The Morgan fingerprint density at radius 2 is 1.90 bits per heavy atom. The van der Waals surface area contributed by atoms with E-state index in [1.807, 2.05) is 0 Å². The molecule has 116 valence electrons. The van der Waals surface area contributed by atoms with Crippen LogP contribution in [-0.4, -0.2) is 33.0 Å². The molecule has 1 N–H and O–H groups in total. The summed E-state index contributed by atoms with van der Waals surface area (Å²) in [4.78, 5) is 0. The van der Waals surface area contributed by atoms with E-state index in [9.17, 15) is 8.42 Å². The van der Waals surface area contributed by atoms with Crippen LogP contribution in [0.4, 0.5) is 0 Å². The Hall–Kier alpha value is -0.870. The van der Waals surface area contributed by atoms with Gasteiger partial charge in [-0.25, -0.2) is 8.42 Å². The van der Waals surface area contributed by atoms with Gasteiger partial charge in [-0.15, -0.1) is 0 Å². The molecular weight excluding hydrogens is 282 g/mol. The fourth-order valence-corrected chi connectivity index (χ4v) is 5.01. The van der Waals surface area contributed by atoms with Crippen molar-refractivity contribution in [2.24, 2.45) is 0 Å². The molecule has 0 bridgehead atoms. The minimum Gasteiger partial charge on any atom is -0.314 e. The van der Waals surface area contributed by atoms with Crippen LogP contribution in [0.25, 0.3) is 0 Å². The average molecular weight is 307 g/mol. The lowest BCUT2D eigenvalue weighted by Gasteiger charge is -2.23. The summed E-state index contributed by atoms with van der Waals surface area (Å²) in [5.41, 5.74) is 2.47. The first kappa shape index (κ1) is 15.0. The quantitative estimate of drug-likeness (QED) is 0.909. The third kappa shape index (κ3) is 3.86. The summed E-state index contributed by atoms with van der Waals surface area (Å²) in [6, 6.07) is 9.28.